The number of aryl methyl sites for hydroxylation is 1. The predicted octanol–water partition coefficient (Wildman–Crippen LogP) is 6.85. The molecule has 2 N–H and O–H groups in total. The minimum atomic E-state index is -0.398. The topological polar surface area (TPSA) is 58.2 Å². The number of fused-ring (bicyclic) bond motifs is 1. The Balaban J connectivity index is 1.69. The van der Waals surface area contributed by atoms with E-state index in [1.54, 1.807) is 0 Å². The number of anilines is 2. The Bertz CT molecular complexity index is 1190. The monoisotopic (exact) mass is 464 g/mol. The number of thiophene rings is 1. The maximum Gasteiger partial charge on any atom is 0.258 e. The standard InChI is InChI=1S/C27H29FN2O2S/c1-16-7-5-6-8-21(16)29-25(32)23-20-14-11-18(27(2,3)4)15-22(20)33-26(23)30-24(31)17-9-12-19(28)13-10-17/h5-10,12-13,18H,11,14-15H2,1-4H3,(H,29,32)(H,30,31). The van der Waals surface area contributed by atoms with E-state index >= 15 is 0 Å². The number of rotatable bonds is 4. The lowest BCUT2D eigenvalue weighted by Gasteiger charge is -2.33. The van der Waals surface area contributed by atoms with Crippen LogP contribution in [0.25, 0.3) is 0 Å². The molecule has 1 atom stereocenters. The first-order valence-electron chi connectivity index (χ1n) is 11.2. The van der Waals surface area contributed by atoms with Gasteiger partial charge in [0.25, 0.3) is 11.8 Å². The summed E-state index contributed by atoms with van der Waals surface area (Å²) in [6.07, 6.45) is 2.69. The molecule has 2 amide bonds. The number of benzene rings is 2. The van der Waals surface area contributed by atoms with Crippen molar-refractivity contribution in [1.29, 1.82) is 0 Å². The van der Waals surface area contributed by atoms with Gasteiger partial charge in [0.1, 0.15) is 10.8 Å². The molecule has 1 aliphatic carbocycles. The normalized spacial score (nSPS) is 15.6. The lowest BCUT2D eigenvalue weighted by molar-refractivity contribution is 0.102. The quantitative estimate of drug-likeness (QED) is 0.443. The first kappa shape index (κ1) is 23.2. The van der Waals surface area contributed by atoms with Gasteiger partial charge in [-0.15, -0.1) is 11.3 Å². The molecule has 172 valence electrons. The van der Waals surface area contributed by atoms with E-state index in [-0.39, 0.29) is 17.2 Å². The Hall–Kier alpha value is -2.99. The number of para-hydroxylation sites is 1. The van der Waals surface area contributed by atoms with Gasteiger partial charge in [-0.2, -0.15) is 0 Å². The van der Waals surface area contributed by atoms with E-state index < -0.39 is 5.82 Å². The molecule has 4 nitrogen and oxygen atoms in total. The van der Waals surface area contributed by atoms with Crippen LogP contribution in [0.5, 0.6) is 0 Å². The van der Waals surface area contributed by atoms with Crippen LogP contribution in [0.3, 0.4) is 0 Å². The maximum atomic E-state index is 13.5. The molecular weight excluding hydrogens is 435 g/mol. The summed E-state index contributed by atoms with van der Waals surface area (Å²) in [5.41, 5.74) is 3.81. The molecule has 33 heavy (non-hydrogen) atoms. The lowest BCUT2D eigenvalue weighted by Crippen LogP contribution is -2.27. The van der Waals surface area contributed by atoms with Crippen LogP contribution in [-0.2, 0) is 12.8 Å². The largest absolute Gasteiger partial charge is 0.322 e. The van der Waals surface area contributed by atoms with Gasteiger partial charge in [0.05, 0.1) is 5.56 Å². The van der Waals surface area contributed by atoms with Crippen LogP contribution >= 0.6 is 11.3 Å². The van der Waals surface area contributed by atoms with Crippen LogP contribution in [-0.4, -0.2) is 11.8 Å². The van der Waals surface area contributed by atoms with Crippen molar-refractivity contribution in [1.82, 2.24) is 0 Å². The van der Waals surface area contributed by atoms with Crippen LogP contribution in [0.1, 0.15) is 63.9 Å². The second kappa shape index (κ2) is 9.10. The highest BCUT2D eigenvalue weighted by atomic mass is 32.1. The van der Waals surface area contributed by atoms with Gasteiger partial charge in [0.15, 0.2) is 0 Å². The van der Waals surface area contributed by atoms with Crippen molar-refractivity contribution in [3.63, 3.8) is 0 Å². The zero-order valence-corrected chi connectivity index (χ0v) is 20.2. The molecule has 6 heteroatoms. The minimum Gasteiger partial charge on any atom is -0.322 e. The highest BCUT2D eigenvalue weighted by molar-refractivity contribution is 7.17. The molecule has 3 aromatic rings. The average Bonchev–Trinajstić information content (AvgIpc) is 3.12. The highest BCUT2D eigenvalue weighted by Gasteiger charge is 2.34. The fourth-order valence-corrected chi connectivity index (χ4v) is 5.65. The van der Waals surface area contributed by atoms with E-state index in [0.29, 0.717) is 22.0 Å². The van der Waals surface area contributed by atoms with Crippen molar-refractivity contribution in [2.45, 2.75) is 47.0 Å². The lowest BCUT2D eigenvalue weighted by atomic mass is 9.72. The van der Waals surface area contributed by atoms with Gasteiger partial charge in [-0.25, -0.2) is 4.39 Å². The molecule has 0 aliphatic heterocycles. The van der Waals surface area contributed by atoms with Crippen LogP contribution in [0.2, 0.25) is 0 Å². The van der Waals surface area contributed by atoms with E-state index in [2.05, 4.69) is 31.4 Å². The van der Waals surface area contributed by atoms with Crippen LogP contribution < -0.4 is 10.6 Å². The molecule has 0 fully saturated rings. The number of carbonyl (C=O) groups excluding carboxylic acids is 2. The fourth-order valence-electron chi connectivity index (χ4n) is 4.33. The van der Waals surface area contributed by atoms with E-state index in [4.69, 9.17) is 0 Å². The second-order valence-electron chi connectivity index (χ2n) is 9.74. The van der Waals surface area contributed by atoms with Crippen LogP contribution in [0, 0.1) is 24.1 Å². The maximum absolute atomic E-state index is 13.5. The Morgan fingerprint density at radius 2 is 1.70 bits per heavy atom. The van der Waals surface area contributed by atoms with Crippen molar-refractivity contribution < 1.29 is 14.0 Å². The number of amides is 2. The number of hydrogen-bond acceptors (Lipinski definition) is 3. The molecule has 2 aromatic carbocycles. The predicted molar refractivity (Wildman–Crippen MR) is 133 cm³/mol. The van der Waals surface area contributed by atoms with Crippen molar-refractivity contribution >= 4 is 33.8 Å². The van der Waals surface area contributed by atoms with Gasteiger partial charge in [-0.05, 0) is 79.0 Å². The molecular formula is C27H29FN2O2S. The van der Waals surface area contributed by atoms with Gasteiger partial charge in [-0.1, -0.05) is 39.0 Å². The Morgan fingerprint density at radius 3 is 2.36 bits per heavy atom. The zero-order valence-electron chi connectivity index (χ0n) is 19.4. The van der Waals surface area contributed by atoms with E-state index in [9.17, 15) is 14.0 Å². The van der Waals surface area contributed by atoms with Crippen molar-refractivity contribution in [2.24, 2.45) is 11.3 Å². The van der Waals surface area contributed by atoms with Gasteiger partial charge >= 0.3 is 0 Å². The average molecular weight is 465 g/mol. The highest BCUT2D eigenvalue weighted by Crippen LogP contribution is 2.44. The van der Waals surface area contributed by atoms with Crippen LogP contribution in [0.15, 0.2) is 48.5 Å². The third-order valence-corrected chi connectivity index (χ3v) is 7.61. The molecule has 0 radical (unpaired) electrons. The van der Waals surface area contributed by atoms with E-state index in [1.807, 2.05) is 31.2 Å². The smallest absolute Gasteiger partial charge is 0.258 e. The molecule has 0 spiro atoms. The summed E-state index contributed by atoms with van der Waals surface area (Å²) in [5.74, 6) is -0.461. The van der Waals surface area contributed by atoms with Crippen molar-refractivity contribution in [3.8, 4) is 0 Å². The molecule has 1 unspecified atom stereocenters. The fraction of sp³-hybridized carbons (Fsp3) is 0.333. The molecule has 0 saturated heterocycles. The Kier molecular flexibility index (Phi) is 6.39. The summed E-state index contributed by atoms with van der Waals surface area (Å²) >= 11 is 1.48. The number of nitrogens with one attached hydrogen (secondary N) is 2. The molecule has 0 bridgehead atoms. The minimum absolute atomic E-state index is 0.169. The summed E-state index contributed by atoms with van der Waals surface area (Å²) in [4.78, 5) is 27.5. The molecule has 4 rings (SSSR count). The molecule has 0 saturated carbocycles. The number of hydrogen-bond donors (Lipinski definition) is 2. The first-order chi connectivity index (χ1) is 15.6. The van der Waals surface area contributed by atoms with Gasteiger partial charge in [-0.3, -0.25) is 9.59 Å². The number of carbonyl (C=O) groups is 2. The Labute approximate surface area is 198 Å². The van der Waals surface area contributed by atoms with Gasteiger partial charge in [0, 0.05) is 16.1 Å². The van der Waals surface area contributed by atoms with E-state index in [1.165, 1.54) is 35.6 Å². The summed E-state index contributed by atoms with van der Waals surface area (Å²) < 4.78 is 13.3. The zero-order chi connectivity index (χ0) is 23.8. The molecule has 1 heterocycles. The second-order valence-corrected chi connectivity index (χ2v) is 10.8. The Morgan fingerprint density at radius 1 is 1.00 bits per heavy atom. The summed E-state index contributed by atoms with van der Waals surface area (Å²) in [6, 6.07) is 13.0. The van der Waals surface area contributed by atoms with Crippen molar-refractivity contribution in [2.75, 3.05) is 10.6 Å². The summed E-state index contributed by atoms with van der Waals surface area (Å²) in [5, 5.41) is 6.52. The summed E-state index contributed by atoms with van der Waals surface area (Å²) in [6.45, 7) is 8.70. The third-order valence-electron chi connectivity index (χ3n) is 6.44. The molecule has 1 aliphatic rings. The van der Waals surface area contributed by atoms with Gasteiger partial charge in [0.2, 0.25) is 0 Å². The van der Waals surface area contributed by atoms with Crippen LogP contribution in [0.4, 0.5) is 15.1 Å². The summed E-state index contributed by atoms with van der Waals surface area (Å²) in [7, 11) is 0. The van der Waals surface area contributed by atoms with E-state index in [0.717, 1.165) is 41.0 Å². The van der Waals surface area contributed by atoms with Gasteiger partial charge < -0.3 is 10.6 Å². The third kappa shape index (κ3) is 5.01. The number of halogens is 1. The van der Waals surface area contributed by atoms with Crippen molar-refractivity contribution in [3.05, 3.63) is 81.5 Å². The SMILES string of the molecule is Cc1ccccc1NC(=O)c1c(NC(=O)c2ccc(F)cc2)sc2c1CCC(C(C)(C)C)C2. The molecule has 1 aromatic heterocycles. The first-order valence-corrected chi connectivity index (χ1v) is 12.0.